The van der Waals surface area contributed by atoms with E-state index in [0.717, 1.165) is 4.90 Å². The van der Waals surface area contributed by atoms with Gasteiger partial charge in [0.15, 0.2) is 18.1 Å². The molecule has 1 heterocycles. The highest BCUT2D eigenvalue weighted by Crippen LogP contribution is 2.37. The Hall–Kier alpha value is -3.00. The summed E-state index contributed by atoms with van der Waals surface area (Å²) in [5, 5.41) is 11.3. The summed E-state index contributed by atoms with van der Waals surface area (Å²) in [6.45, 7) is 5.05. The van der Waals surface area contributed by atoms with Gasteiger partial charge in [0.05, 0.1) is 11.6 Å². The molecule has 1 saturated heterocycles. The monoisotopic (exact) mass is 380 g/mol. The molecule has 1 aliphatic heterocycles. The van der Waals surface area contributed by atoms with E-state index in [4.69, 9.17) is 26.2 Å². The number of imide groups is 1. The fourth-order valence-electron chi connectivity index (χ4n) is 2.24. The highest BCUT2D eigenvalue weighted by Gasteiger charge is 2.32. The number of carbonyl (C=O) groups is 3. The molecule has 0 bridgehead atoms. The van der Waals surface area contributed by atoms with Gasteiger partial charge in [-0.05, 0) is 30.7 Å². The van der Waals surface area contributed by atoms with Crippen molar-refractivity contribution in [3.8, 4) is 11.5 Å². The first-order valence-corrected chi connectivity index (χ1v) is 8.01. The van der Waals surface area contributed by atoms with Crippen molar-refractivity contribution in [3.05, 3.63) is 41.1 Å². The molecule has 3 amide bonds. The Morgan fingerprint density at radius 1 is 1.38 bits per heavy atom. The molecule has 1 aromatic rings. The number of hydrogen-bond acceptors (Lipinski definition) is 5. The number of nitrogens with one attached hydrogen (secondary N) is 1. The van der Waals surface area contributed by atoms with E-state index >= 15 is 0 Å². The maximum Gasteiger partial charge on any atom is 0.341 e. The van der Waals surface area contributed by atoms with Crippen LogP contribution in [0.5, 0.6) is 11.5 Å². The molecule has 1 aromatic carbocycles. The summed E-state index contributed by atoms with van der Waals surface area (Å²) in [6, 6.07) is 2.47. The van der Waals surface area contributed by atoms with E-state index in [1.165, 1.54) is 24.3 Å². The molecule has 1 aliphatic rings. The van der Waals surface area contributed by atoms with Crippen molar-refractivity contribution in [1.82, 2.24) is 10.2 Å². The number of urea groups is 1. The van der Waals surface area contributed by atoms with Crippen molar-refractivity contribution in [2.24, 2.45) is 0 Å². The fourth-order valence-corrected chi connectivity index (χ4v) is 2.52. The Morgan fingerprint density at radius 2 is 2.12 bits per heavy atom. The topological polar surface area (TPSA) is 105 Å². The Balaban J connectivity index is 2.35. The number of benzene rings is 1. The van der Waals surface area contributed by atoms with Gasteiger partial charge in [-0.25, -0.2) is 9.59 Å². The summed E-state index contributed by atoms with van der Waals surface area (Å²) in [6.07, 6.45) is 2.89. The fraction of sp³-hybridized carbons (Fsp3) is 0.235. The summed E-state index contributed by atoms with van der Waals surface area (Å²) in [7, 11) is 0. The molecule has 138 valence electrons. The molecule has 0 radical (unpaired) electrons. The van der Waals surface area contributed by atoms with Crippen LogP contribution in [0.15, 0.2) is 30.5 Å². The highest BCUT2D eigenvalue weighted by atomic mass is 35.5. The normalized spacial score (nSPS) is 15.2. The minimum atomic E-state index is -1.16. The van der Waals surface area contributed by atoms with Crippen LogP contribution in [0, 0.1) is 0 Å². The second-order valence-electron chi connectivity index (χ2n) is 5.14. The van der Waals surface area contributed by atoms with Gasteiger partial charge in [0.1, 0.15) is 5.70 Å². The van der Waals surface area contributed by atoms with Crippen LogP contribution < -0.4 is 14.8 Å². The molecular formula is C17H17ClN2O6. The van der Waals surface area contributed by atoms with Gasteiger partial charge in [-0.1, -0.05) is 17.7 Å². The van der Waals surface area contributed by atoms with E-state index in [0.29, 0.717) is 12.2 Å². The molecule has 0 saturated carbocycles. The van der Waals surface area contributed by atoms with Gasteiger partial charge in [0, 0.05) is 6.54 Å². The summed E-state index contributed by atoms with van der Waals surface area (Å²) in [4.78, 5) is 35.7. The van der Waals surface area contributed by atoms with E-state index in [1.807, 2.05) is 0 Å². The van der Waals surface area contributed by atoms with Crippen LogP contribution in [0.4, 0.5) is 4.79 Å². The van der Waals surface area contributed by atoms with Crippen molar-refractivity contribution in [2.75, 3.05) is 19.8 Å². The summed E-state index contributed by atoms with van der Waals surface area (Å²) in [5.41, 5.74) is 0.555. The summed E-state index contributed by atoms with van der Waals surface area (Å²) >= 11 is 6.16. The van der Waals surface area contributed by atoms with E-state index < -0.39 is 24.5 Å². The number of rotatable bonds is 8. The zero-order valence-corrected chi connectivity index (χ0v) is 14.7. The van der Waals surface area contributed by atoms with E-state index in [1.54, 1.807) is 6.92 Å². The van der Waals surface area contributed by atoms with E-state index in [9.17, 15) is 14.4 Å². The maximum atomic E-state index is 12.2. The second-order valence-corrected chi connectivity index (χ2v) is 5.55. The molecule has 2 rings (SSSR count). The zero-order chi connectivity index (χ0) is 19.3. The van der Waals surface area contributed by atoms with Crippen LogP contribution in [0.2, 0.25) is 5.02 Å². The van der Waals surface area contributed by atoms with Crippen LogP contribution in [0.1, 0.15) is 12.5 Å². The van der Waals surface area contributed by atoms with Gasteiger partial charge >= 0.3 is 12.0 Å². The highest BCUT2D eigenvalue weighted by molar-refractivity contribution is 6.32. The minimum absolute atomic E-state index is 0.0783. The summed E-state index contributed by atoms with van der Waals surface area (Å²) in [5.74, 6) is -1.33. The van der Waals surface area contributed by atoms with Crippen LogP contribution in [0.25, 0.3) is 6.08 Å². The molecule has 26 heavy (non-hydrogen) atoms. The minimum Gasteiger partial charge on any atom is -0.490 e. The molecule has 8 nitrogen and oxygen atoms in total. The number of ether oxygens (including phenoxy) is 2. The van der Waals surface area contributed by atoms with Crippen LogP contribution in [0.3, 0.4) is 0 Å². The van der Waals surface area contributed by atoms with Crippen molar-refractivity contribution >= 4 is 35.6 Å². The second kappa shape index (κ2) is 8.39. The van der Waals surface area contributed by atoms with Gasteiger partial charge in [-0.3, -0.25) is 9.69 Å². The largest absolute Gasteiger partial charge is 0.490 e. The number of aliphatic carboxylic acids is 1. The Bertz CT molecular complexity index is 790. The number of halogens is 1. The lowest BCUT2D eigenvalue weighted by Crippen LogP contribution is -2.30. The van der Waals surface area contributed by atoms with E-state index in [2.05, 4.69) is 11.9 Å². The molecule has 0 unspecified atom stereocenters. The molecule has 0 aliphatic carbocycles. The third-order valence-electron chi connectivity index (χ3n) is 3.26. The molecule has 9 heteroatoms. The lowest BCUT2D eigenvalue weighted by molar-refractivity contribution is -0.139. The standard InChI is InChI=1S/C17H17ClN2O6/c1-3-5-20-16(23)12(19-17(20)24)7-10-6-11(18)15(26-9-14(21)22)13(8-10)25-4-2/h3,6-8H,1,4-5,9H2,2H3,(H,19,24)(H,21,22)/b12-7+. The number of carboxylic acids is 1. The maximum absolute atomic E-state index is 12.2. The third-order valence-corrected chi connectivity index (χ3v) is 3.54. The van der Waals surface area contributed by atoms with Gasteiger partial charge in [-0.15, -0.1) is 6.58 Å². The van der Waals surface area contributed by atoms with Crippen molar-refractivity contribution < 1.29 is 29.0 Å². The predicted octanol–water partition coefficient (Wildman–Crippen LogP) is 2.28. The molecule has 0 spiro atoms. The lowest BCUT2D eigenvalue weighted by Gasteiger charge is -2.13. The van der Waals surface area contributed by atoms with Crippen molar-refractivity contribution in [1.29, 1.82) is 0 Å². The van der Waals surface area contributed by atoms with E-state index in [-0.39, 0.29) is 28.8 Å². The smallest absolute Gasteiger partial charge is 0.341 e. The third kappa shape index (κ3) is 4.34. The summed E-state index contributed by atoms with van der Waals surface area (Å²) < 4.78 is 10.6. The molecule has 1 fully saturated rings. The van der Waals surface area contributed by atoms with Gasteiger partial charge in [0.25, 0.3) is 5.91 Å². The zero-order valence-electron chi connectivity index (χ0n) is 14.0. The number of carboxylic acid groups (broad SMARTS) is 1. The number of carbonyl (C=O) groups excluding carboxylic acids is 2. The van der Waals surface area contributed by atoms with Gasteiger partial charge in [-0.2, -0.15) is 0 Å². The van der Waals surface area contributed by atoms with Crippen molar-refractivity contribution in [2.45, 2.75) is 6.92 Å². The Morgan fingerprint density at radius 3 is 2.73 bits per heavy atom. The van der Waals surface area contributed by atoms with Gasteiger partial charge in [0.2, 0.25) is 0 Å². The first-order valence-electron chi connectivity index (χ1n) is 7.63. The Labute approximate surface area is 154 Å². The van der Waals surface area contributed by atoms with Crippen LogP contribution in [-0.2, 0) is 9.59 Å². The molecular weight excluding hydrogens is 364 g/mol. The van der Waals surface area contributed by atoms with Crippen LogP contribution in [-0.4, -0.2) is 47.7 Å². The average molecular weight is 381 g/mol. The average Bonchev–Trinajstić information content (AvgIpc) is 2.82. The van der Waals surface area contributed by atoms with Crippen molar-refractivity contribution in [3.63, 3.8) is 0 Å². The lowest BCUT2D eigenvalue weighted by atomic mass is 10.1. The first kappa shape index (κ1) is 19.3. The Kier molecular flexibility index (Phi) is 6.24. The van der Waals surface area contributed by atoms with Crippen LogP contribution >= 0.6 is 11.6 Å². The SMILES string of the molecule is C=CCN1C(=O)N/C(=C/c2cc(Cl)c(OCC(=O)O)c(OCC)c2)C1=O. The van der Waals surface area contributed by atoms with Gasteiger partial charge < -0.3 is 19.9 Å². The molecule has 0 atom stereocenters. The quantitative estimate of drug-likeness (QED) is 0.407. The first-order chi connectivity index (χ1) is 12.4. The number of amides is 3. The number of hydrogen-bond donors (Lipinski definition) is 2. The predicted molar refractivity (Wildman–Crippen MR) is 94.2 cm³/mol. The molecule has 0 aromatic heterocycles. The number of nitrogens with zero attached hydrogens (tertiary/aromatic N) is 1. The molecule has 2 N–H and O–H groups in total.